The van der Waals surface area contributed by atoms with Gasteiger partial charge in [0, 0.05) is 12.0 Å². The van der Waals surface area contributed by atoms with Crippen molar-refractivity contribution in [1.29, 1.82) is 5.26 Å². The fourth-order valence-electron chi connectivity index (χ4n) is 0.742. The number of nitriles is 1. The molecule has 1 aromatic rings. The van der Waals surface area contributed by atoms with Gasteiger partial charge in [-0.2, -0.15) is 5.26 Å². The minimum Gasteiger partial charge on any atom is -0.207 e. The molecule has 0 unspecified atom stereocenters. The molecule has 0 fully saturated rings. The quantitative estimate of drug-likeness (QED) is 0.443. The molecule has 1 aromatic carbocycles. The summed E-state index contributed by atoms with van der Waals surface area (Å²) in [5.74, 6) is 0.327. The first-order chi connectivity index (χ1) is 6.15. The van der Waals surface area contributed by atoms with E-state index >= 15 is 0 Å². The molecule has 13 heavy (non-hydrogen) atoms. The monoisotopic (exact) mass is 181 g/mol. The molecule has 0 aliphatic rings. The van der Waals surface area contributed by atoms with Crippen molar-refractivity contribution < 1.29 is 13.2 Å². The normalized spacial score (nSPS) is 8.46. The van der Waals surface area contributed by atoms with Crippen molar-refractivity contribution in [2.75, 3.05) is 0 Å². The molecule has 0 aromatic heterocycles. The zero-order valence-electron chi connectivity index (χ0n) is 6.24. The van der Waals surface area contributed by atoms with Gasteiger partial charge in [-0.05, 0) is 12.0 Å². The highest BCUT2D eigenvalue weighted by Crippen LogP contribution is 2.12. The maximum absolute atomic E-state index is 12.8. The van der Waals surface area contributed by atoms with Crippen molar-refractivity contribution in [2.45, 2.75) is 0 Å². The van der Waals surface area contributed by atoms with Gasteiger partial charge in [-0.25, -0.2) is 13.2 Å². The predicted octanol–water partition coefficient (Wildman–Crippen LogP) is 1.98. The van der Waals surface area contributed by atoms with Crippen LogP contribution in [0.1, 0.15) is 5.56 Å². The summed E-state index contributed by atoms with van der Waals surface area (Å²) in [7, 11) is 0. The maximum Gasteiger partial charge on any atom is 0.174 e. The lowest BCUT2D eigenvalue weighted by molar-refractivity contribution is 0.492. The van der Waals surface area contributed by atoms with E-state index < -0.39 is 23.0 Å². The van der Waals surface area contributed by atoms with Gasteiger partial charge < -0.3 is 0 Å². The van der Waals surface area contributed by atoms with E-state index in [1.807, 2.05) is 11.8 Å². The Morgan fingerprint density at radius 3 is 2.46 bits per heavy atom. The summed E-state index contributed by atoms with van der Waals surface area (Å²) in [6, 6.07) is 2.54. The van der Waals surface area contributed by atoms with E-state index in [2.05, 4.69) is 0 Å². The first kappa shape index (κ1) is 9.15. The highest BCUT2D eigenvalue weighted by Gasteiger charge is 2.08. The molecule has 64 valence electrons. The lowest BCUT2D eigenvalue weighted by atomic mass is 10.2. The molecule has 0 atom stereocenters. The third-order valence-electron chi connectivity index (χ3n) is 1.25. The second-order valence-electron chi connectivity index (χ2n) is 2.11. The van der Waals surface area contributed by atoms with Crippen molar-refractivity contribution in [3.05, 3.63) is 35.1 Å². The fraction of sp³-hybridized carbons (Fsp3) is 0. The smallest absolute Gasteiger partial charge is 0.174 e. The summed E-state index contributed by atoms with van der Waals surface area (Å²) >= 11 is 0. The van der Waals surface area contributed by atoms with Gasteiger partial charge in [0.1, 0.15) is 5.82 Å². The zero-order chi connectivity index (χ0) is 9.84. The van der Waals surface area contributed by atoms with Gasteiger partial charge >= 0.3 is 0 Å². The van der Waals surface area contributed by atoms with Gasteiger partial charge in [-0.3, -0.25) is 0 Å². The molecule has 0 spiro atoms. The van der Waals surface area contributed by atoms with Crippen LogP contribution in [-0.2, 0) is 0 Å². The number of benzene rings is 1. The van der Waals surface area contributed by atoms with Gasteiger partial charge in [0.25, 0.3) is 0 Å². The molecule has 0 saturated heterocycles. The van der Waals surface area contributed by atoms with Crippen molar-refractivity contribution in [3.63, 3.8) is 0 Å². The van der Waals surface area contributed by atoms with E-state index in [1.54, 1.807) is 0 Å². The number of nitrogens with zero attached hydrogens (tertiary/aromatic N) is 1. The number of hydrogen-bond acceptors (Lipinski definition) is 1. The van der Waals surface area contributed by atoms with Gasteiger partial charge in [0.05, 0.1) is 5.56 Å². The molecule has 0 heterocycles. The number of hydrogen-bond donors (Lipinski definition) is 0. The largest absolute Gasteiger partial charge is 0.207 e. The second kappa shape index (κ2) is 3.64. The molecule has 0 aliphatic heterocycles. The number of rotatable bonds is 0. The Morgan fingerprint density at radius 2 is 1.85 bits per heavy atom. The lowest BCUT2D eigenvalue weighted by Crippen LogP contribution is -1.91. The van der Waals surface area contributed by atoms with Crippen LogP contribution < -0.4 is 0 Å². The lowest BCUT2D eigenvalue weighted by Gasteiger charge is -1.95. The Morgan fingerprint density at radius 1 is 1.15 bits per heavy atom. The summed E-state index contributed by atoms with van der Waals surface area (Å²) in [6.45, 7) is 0. The maximum atomic E-state index is 12.8. The first-order valence-electron chi connectivity index (χ1n) is 3.20. The minimum atomic E-state index is -1.32. The SMILES string of the molecule is N#CC#Cc1cc(F)cc(F)c1F. The van der Waals surface area contributed by atoms with E-state index in [9.17, 15) is 13.2 Å². The van der Waals surface area contributed by atoms with Gasteiger partial charge in [0.2, 0.25) is 0 Å². The van der Waals surface area contributed by atoms with Crippen LogP contribution in [0.4, 0.5) is 13.2 Å². The highest BCUT2D eigenvalue weighted by atomic mass is 19.2. The minimum absolute atomic E-state index is 0.410. The average Bonchev–Trinajstić information content (AvgIpc) is 2.09. The fourth-order valence-corrected chi connectivity index (χ4v) is 0.742. The third-order valence-corrected chi connectivity index (χ3v) is 1.25. The molecule has 0 aliphatic carbocycles. The summed E-state index contributed by atoms with van der Waals surface area (Å²) in [5, 5.41) is 8.02. The molecular formula is C9H2F3N. The Kier molecular flexibility index (Phi) is 2.56. The van der Waals surface area contributed by atoms with Gasteiger partial charge in [-0.1, -0.05) is 0 Å². The summed E-state index contributed by atoms with van der Waals surface area (Å²) in [5.41, 5.74) is -0.459. The van der Waals surface area contributed by atoms with E-state index in [-0.39, 0.29) is 0 Å². The molecule has 1 rings (SSSR count). The van der Waals surface area contributed by atoms with Crippen molar-refractivity contribution >= 4 is 0 Å². The van der Waals surface area contributed by atoms with Crippen LogP contribution in [-0.4, -0.2) is 0 Å². The summed E-state index contributed by atoms with van der Waals surface area (Å²) in [4.78, 5) is 0. The molecule has 4 heteroatoms. The zero-order valence-corrected chi connectivity index (χ0v) is 6.24. The third kappa shape index (κ3) is 2.00. The van der Waals surface area contributed by atoms with Gasteiger partial charge in [0.15, 0.2) is 17.7 Å². The van der Waals surface area contributed by atoms with Crippen LogP contribution in [0.25, 0.3) is 0 Å². The Hall–Kier alpha value is -1.94. The molecule has 1 nitrogen and oxygen atoms in total. The summed E-state index contributed by atoms with van der Waals surface area (Å²) < 4.78 is 37.7. The van der Waals surface area contributed by atoms with Gasteiger partial charge in [-0.15, -0.1) is 0 Å². The van der Waals surface area contributed by atoms with Crippen LogP contribution in [0.15, 0.2) is 12.1 Å². The standard InChI is InChI=1S/C9H2F3N/c10-7-4-6(2-1-3-13)9(12)8(11)5-7/h4-5H. The van der Waals surface area contributed by atoms with Crippen LogP contribution in [0, 0.1) is 40.6 Å². The van der Waals surface area contributed by atoms with Crippen molar-refractivity contribution in [1.82, 2.24) is 0 Å². The van der Waals surface area contributed by atoms with Crippen molar-refractivity contribution in [2.24, 2.45) is 0 Å². The molecule has 0 bridgehead atoms. The number of halogens is 3. The molecule has 0 N–H and O–H groups in total. The molecule has 0 radical (unpaired) electrons. The average molecular weight is 181 g/mol. The Balaban J connectivity index is 3.30. The predicted molar refractivity (Wildman–Crippen MR) is 38.8 cm³/mol. The van der Waals surface area contributed by atoms with Crippen molar-refractivity contribution in [3.8, 4) is 17.9 Å². The van der Waals surface area contributed by atoms with E-state index in [0.29, 0.717) is 6.07 Å². The molecule has 0 saturated carbocycles. The summed E-state index contributed by atoms with van der Waals surface area (Å²) in [6.07, 6.45) is 0. The van der Waals surface area contributed by atoms with Crippen LogP contribution >= 0.6 is 0 Å². The molecule has 0 amide bonds. The van der Waals surface area contributed by atoms with E-state index in [0.717, 1.165) is 6.07 Å². The topological polar surface area (TPSA) is 23.8 Å². The van der Waals surface area contributed by atoms with E-state index in [4.69, 9.17) is 5.26 Å². The van der Waals surface area contributed by atoms with E-state index in [1.165, 1.54) is 6.07 Å². The van der Waals surface area contributed by atoms with Crippen LogP contribution in [0.2, 0.25) is 0 Å². The second-order valence-corrected chi connectivity index (χ2v) is 2.11. The first-order valence-corrected chi connectivity index (χ1v) is 3.20. The van der Waals surface area contributed by atoms with Crippen LogP contribution in [0.3, 0.4) is 0 Å². The Bertz CT molecular complexity index is 435. The molecular weight excluding hydrogens is 179 g/mol. The Labute approximate surface area is 72.4 Å². The van der Waals surface area contributed by atoms with Crippen LogP contribution in [0.5, 0.6) is 0 Å². The highest BCUT2D eigenvalue weighted by molar-refractivity contribution is 5.39.